The van der Waals surface area contributed by atoms with Crippen LogP contribution in [0.1, 0.15) is 18.4 Å². The van der Waals surface area contributed by atoms with Gasteiger partial charge in [0.25, 0.3) is 5.56 Å². The molecule has 4 rings (SSSR count). The molecular weight excluding hydrogens is 398 g/mol. The fourth-order valence-corrected chi connectivity index (χ4v) is 3.70. The largest absolute Gasteiger partial charge is 0.352 e. The van der Waals surface area contributed by atoms with Gasteiger partial charge in [0.05, 0.1) is 13.1 Å². The van der Waals surface area contributed by atoms with Crippen LogP contribution in [0.3, 0.4) is 0 Å². The molecule has 1 aliphatic heterocycles. The number of nitrogens with zero attached hydrogens (tertiary/aromatic N) is 4. The molecule has 164 valence electrons. The highest BCUT2D eigenvalue weighted by atomic mass is 16.2. The topological polar surface area (TPSA) is 96.7 Å². The molecule has 2 aliphatic rings. The van der Waals surface area contributed by atoms with Crippen molar-refractivity contribution in [1.82, 2.24) is 24.3 Å². The van der Waals surface area contributed by atoms with Crippen LogP contribution in [0.25, 0.3) is 0 Å². The maximum atomic E-state index is 12.8. The van der Waals surface area contributed by atoms with Crippen LogP contribution < -0.4 is 16.6 Å². The molecule has 2 fully saturated rings. The monoisotopic (exact) mass is 425 g/mol. The number of piperazine rings is 1. The SMILES string of the molecule is O=C(CN1CCN(C(=O)Cn2c(=O)ccn(Cc3ccccc3)c2=O)CC1)NC1CC1. The average molecular weight is 425 g/mol. The van der Waals surface area contributed by atoms with E-state index in [4.69, 9.17) is 0 Å². The Morgan fingerprint density at radius 2 is 1.65 bits per heavy atom. The fraction of sp³-hybridized carbons (Fsp3) is 0.455. The average Bonchev–Trinajstić information content (AvgIpc) is 3.58. The third kappa shape index (κ3) is 5.49. The van der Waals surface area contributed by atoms with Crippen molar-refractivity contribution in [2.24, 2.45) is 0 Å². The minimum atomic E-state index is -0.500. The summed E-state index contributed by atoms with van der Waals surface area (Å²) in [7, 11) is 0. The summed E-state index contributed by atoms with van der Waals surface area (Å²) in [6, 6.07) is 11.1. The van der Waals surface area contributed by atoms with Crippen LogP contribution in [0, 0.1) is 0 Å². The first-order valence-electron chi connectivity index (χ1n) is 10.6. The van der Waals surface area contributed by atoms with Crippen molar-refractivity contribution >= 4 is 11.8 Å². The van der Waals surface area contributed by atoms with Gasteiger partial charge >= 0.3 is 5.69 Å². The van der Waals surface area contributed by atoms with Gasteiger partial charge in [-0.05, 0) is 18.4 Å². The molecule has 1 aliphatic carbocycles. The molecule has 31 heavy (non-hydrogen) atoms. The lowest BCUT2D eigenvalue weighted by Crippen LogP contribution is -2.53. The van der Waals surface area contributed by atoms with E-state index in [2.05, 4.69) is 5.32 Å². The van der Waals surface area contributed by atoms with Crippen molar-refractivity contribution in [3.05, 3.63) is 69.0 Å². The summed E-state index contributed by atoms with van der Waals surface area (Å²) in [6.07, 6.45) is 3.57. The van der Waals surface area contributed by atoms with Crippen LogP contribution in [0.4, 0.5) is 0 Å². The number of carbonyl (C=O) groups excluding carboxylic acids is 2. The molecule has 0 atom stereocenters. The Balaban J connectivity index is 1.35. The number of rotatable bonds is 7. The second kappa shape index (κ2) is 9.30. The van der Waals surface area contributed by atoms with Crippen LogP contribution in [0.5, 0.6) is 0 Å². The normalized spacial score (nSPS) is 16.8. The highest BCUT2D eigenvalue weighted by Gasteiger charge is 2.26. The molecule has 1 saturated heterocycles. The lowest BCUT2D eigenvalue weighted by atomic mass is 10.2. The van der Waals surface area contributed by atoms with E-state index < -0.39 is 11.2 Å². The van der Waals surface area contributed by atoms with Gasteiger partial charge in [0, 0.05) is 44.5 Å². The summed E-state index contributed by atoms with van der Waals surface area (Å²) in [5.41, 5.74) is -0.0545. The van der Waals surface area contributed by atoms with E-state index >= 15 is 0 Å². The summed E-state index contributed by atoms with van der Waals surface area (Å²) < 4.78 is 2.42. The van der Waals surface area contributed by atoms with E-state index in [0.717, 1.165) is 23.0 Å². The van der Waals surface area contributed by atoms with Gasteiger partial charge in [0.2, 0.25) is 11.8 Å². The van der Waals surface area contributed by atoms with E-state index in [1.54, 1.807) is 4.90 Å². The molecule has 2 aromatic rings. The number of carbonyl (C=O) groups is 2. The predicted octanol–water partition coefficient (Wildman–Crippen LogP) is -0.519. The summed E-state index contributed by atoms with van der Waals surface area (Å²) in [6.45, 7) is 2.49. The van der Waals surface area contributed by atoms with Crippen LogP contribution in [0.15, 0.2) is 52.2 Å². The molecule has 1 aromatic carbocycles. The zero-order chi connectivity index (χ0) is 21.8. The summed E-state index contributed by atoms with van der Waals surface area (Å²) in [5, 5.41) is 2.97. The maximum absolute atomic E-state index is 12.8. The van der Waals surface area contributed by atoms with E-state index in [-0.39, 0.29) is 18.4 Å². The van der Waals surface area contributed by atoms with Gasteiger partial charge in [0.15, 0.2) is 0 Å². The van der Waals surface area contributed by atoms with Gasteiger partial charge in [-0.15, -0.1) is 0 Å². The Kier molecular flexibility index (Phi) is 6.31. The first kappa shape index (κ1) is 21.0. The smallest absolute Gasteiger partial charge is 0.331 e. The standard InChI is InChI=1S/C22H27N5O4/c28-19(23-18-6-7-18)15-24-10-12-25(13-11-24)21(30)16-27-20(29)8-9-26(22(27)31)14-17-4-2-1-3-5-17/h1-5,8-9,18H,6-7,10-16H2,(H,23,28). The van der Waals surface area contributed by atoms with Crippen molar-refractivity contribution < 1.29 is 9.59 Å². The minimum Gasteiger partial charge on any atom is -0.352 e. The van der Waals surface area contributed by atoms with Crippen molar-refractivity contribution in [3.8, 4) is 0 Å². The molecule has 2 amide bonds. The van der Waals surface area contributed by atoms with Crippen LogP contribution in [-0.4, -0.2) is 69.5 Å². The number of hydrogen-bond acceptors (Lipinski definition) is 5. The highest BCUT2D eigenvalue weighted by molar-refractivity contribution is 5.79. The van der Waals surface area contributed by atoms with Crippen LogP contribution in [0.2, 0.25) is 0 Å². The molecule has 0 radical (unpaired) electrons. The Bertz CT molecular complexity index is 1050. The van der Waals surface area contributed by atoms with Crippen LogP contribution in [-0.2, 0) is 22.7 Å². The van der Waals surface area contributed by atoms with Crippen LogP contribution >= 0.6 is 0 Å². The van der Waals surface area contributed by atoms with E-state index in [1.165, 1.54) is 16.8 Å². The highest BCUT2D eigenvalue weighted by Crippen LogP contribution is 2.18. The molecule has 9 heteroatoms. The van der Waals surface area contributed by atoms with Gasteiger partial charge in [-0.2, -0.15) is 0 Å². The van der Waals surface area contributed by atoms with E-state index in [1.807, 2.05) is 35.2 Å². The van der Waals surface area contributed by atoms with Gasteiger partial charge in [-0.3, -0.25) is 28.4 Å². The Morgan fingerprint density at radius 1 is 0.935 bits per heavy atom. The molecule has 0 spiro atoms. The van der Waals surface area contributed by atoms with E-state index in [0.29, 0.717) is 45.3 Å². The summed E-state index contributed by atoms with van der Waals surface area (Å²) in [5.74, 6) is -0.240. The van der Waals surface area contributed by atoms with Gasteiger partial charge in [-0.1, -0.05) is 30.3 Å². The van der Waals surface area contributed by atoms with Gasteiger partial charge < -0.3 is 10.2 Å². The molecule has 0 bridgehead atoms. The zero-order valence-corrected chi connectivity index (χ0v) is 17.4. The van der Waals surface area contributed by atoms with Crippen molar-refractivity contribution in [2.75, 3.05) is 32.7 Å². The second-order valence-corrected chi connectivity index (χ2v) is 8.13. The number of aromatic nitrogens is 2. The van der Waals surface area contributed by atoms with E-state index in [9.17, 15) is 19.2 Å². The lowest BCUT2D eigenvalue weighted by Gasteiger charge is -2.34. The number of benzene rings is 1. The summed E-state index contributed by atoms with van der Waals surface area (Å²) in [4.78, 5) is 53.4. The number of nitrogens with one attached hydrogen (secondary N) is 1. The Morgan fingerprint density at radius 3 is 2.32 bits per heavy atom. The molecule has 1 aromatic heterocycles. The zero-order valence-electron chi connectivity index (χ0n) is 17.4. The lowest BCUT2D eigenvalue weighted by molar-refractivity contribution is -0.134. The first-order valence-corrected chi connectivity index (χ1v) is 10.6. The van der Waals surface area contributed by atoms with Gasteiger partial charge in [-0.25, -0.2) is 4.79 Å². The third-order valence-corrected chi connectivity index (χ3v) is 5.66. The molecular formula is C22H27N5O4. The first-order chi connectivity index (χ1) is 15.0. The summed E-state index contributed by atoms with van der Waals surface area (Å²) >= 11 is 0. The second-order valence-electron chi connectivity index (χ2n) is 8.13. The molecule has 1 N–H and O–H groups in total. The molecule has 0 unspecified atom stereocenters. The number of hydrogen-bond donors (Lipinski definition) is 1. The Labute approximate surface area is 179 Å². The van der Waals surface area contributed by atoms with Gasteiger partial charge in [0.1, 0.15) is 6.54 Å². The molecule has 1 saturated carbocycles. The third-order valence-electron chi connectivity index (χ3n) is 5.66. The van der Waals surface area contributed by atoms with Crippen molar-refractivity contribution in [2.45, 2.75) is 32.0 Å². The molecule has 2 heterocycles. The minimum absolute atomic E-state index is 0.0251. The molecule has 9 nitrogen and oxygen atoms in total. The predicted molar refractivity (Wildman–Crippen MR) is 115 cm³/mol. The van der Waals surface area contributed by atoms with Crippen molar-refractivity contribution in [1.29, 1.82) is 0 Å². The van der Waals surface area contributed by atoms with Crippen molar-refractivity contribution in [3.63, 3.8) is 0 Å². The fourth-order valence-electron chi connectivity index (χ4n) is 3.70. The Hall–Kier alpha value is -3.20. The maximum Gasteiger partial charge on any atom is 0.331 e. The number of amides is 2. The quantitative estimate of drug-likeness (QED) is 0.644.